The number of hydrogen-bond acceptors (Lipinski definition) is 9. The molecule has 41 heavy (non-hydrogen) atoms. The van der Waals surface area contributed by atoms with Gasteiger partial charge in [0.1, 0.15) is 6.61 Å². The second-order valence-corrected chi connectivity index (χ2v) is 11.4. The van der Waals surface area contributed by atoms with Crippen LogP contribution in [-0.4, -0.2) is 56.1 Å². The summed E-state index contributed by atoms with van der Waals surface area (Å²) < 4.78 is 21.6. The highest BCUT2D eigenvalue weighted by atomic mass is 32.1. The Kier molecular flexibility index (Phi) is 11.3. The number of benzene rings is 1. The van der Waals surface area contributed by atoms with Crippen LogP contribution in [0.15, 0.2) is 53.2 Å². The van der Waals surface area contributed by atoms with Crippen molar-refractivity contribution in [2.75, 3.05) is 27.1 Å². The Balaban J connectivity index is 1.51. The maximum atomic E-state index is 13.8. The molecule has 4 rings (SSSR count). The average molecular weight is 602 g/mol. The topological polar surface area (TPSA) is 115 Å². The molecule has 2 aromatic heterocycles. The molecule has 10 nitrogen and oxygen atoms in total. The monoisotopic (exact) mass is 601 g/mol. The lowest BCUT2D eigenvalue weighted by molar-refractivity contribution is -0.140. The van der Waals surface area contributed by atoms with Gasteiger partial charge in [0.15, 0.2) is 11.5 Å². The van der Waals surface area contributed by atoms with Gasteiger partial charge in [-0.25, -0.2) is 9.59 Å². The van der Waals surface area contributed by atoms with Gasteiger partial charge in [-0.05, 0) is 47.0 Å². The van der Waals surface area contributed by atoms with Gasteiger partial charge in [0.25, 0.3) is 0 Å². The second kappa shape index (κ2) is 15.3. The van der Waals surface area contributed by atoms with Gasteiger partial charge in [0, 0.05) is 16.3 Å². The number of thiophene rings is 2. The third-order valence-electron chi connectivity index (χ3n) is 6.47. The molecule has 0 fully saturated rings. The zero-order valence-electron chi connectivity index (χ0n) is 23.1. The number of nitrogens with zero attached hydrogens (tertiary/aromatic N) is 1. The number of unbranched alkanes of at least 4 members (excludes halogenated alkanes) is 1. The number of methoxy groups -OCH3 is 1. The lowest BCUT2D eigenvalue weighted by Crippen LogP contribution is -2.46. The highest BCUT2D eigenvalue weighted by molar-refractivity contribution is 7.10. The average Bonchev–Trinajstić information content (AvgIpc) is 3.77. The maximum Gasteiger partial charge on any atom is 0.410 e. The fourth-order valence-electron chi connectivity index (χ4n) is 4.38. The Hall–Kier alpha value is -3.77. The van der Waals surface area contributed by atoms with Crippen molar-refractivity contribution in [3.8, 4) is 11.5 Å². The largest absolute Gasteiger partial charge is 0.469 e. The van der Waals surface area contributed by atoms with Crippen LogP contribution < -0.4 is 20.1 Å². The zero-order chi connectivity index (χ0) is 29.0. The van der Waals surface area contributed by atoms with E-state index in [1.807, 2.05) is 53.2 Å². The minimum Gasteiger partial charge on any atom is -0.469 e. The number of esters is 1. The van der Waals surface area contributed by atoms with Gasteiger partial charge in [-0.3, -0.25) is 9.69 Å². The van der Waals surface area contributed by atoms with Crippen LogP contribution in [0.5, 0.6) is 11.5 Å². The van der Waals surface area contributed by atoms with Crippen LogP contribution >= 0.6 is 22.7 Å². The SMILES string of the molecule is CCCC[C@@H](COC(=O)N(Cc1cccs1)C(c1ccc2c(c1)OCO2)c1cccs1)NC(=O)NCCC(=O)OC. The van der Waals surface area contributed by atoms with Gasteiger partial charge in [0.05, 0.1) is 32.2 Å². The van der Waals surface area contributed by atoms with Crippen LogP contribution in [0.2, 0.25) is 0 Å². The highest BCUT2D eigenvalue weighted by Crippen LogP contribution is 2.40. The van der Waals surface area contributed by atoms with Gasteiger partial charge in [-0.15, -0.1) is 22.7 Å². The molecule has 3 aromatic rings. The van der Waals surface area contributed by atoms with Crippen molar-refractivity contribution >= 4 is 40.8 Å². The molecule has 2 N–H and O–H groups in total. The fraction of sp³-hybridized carbons (Fsp3) is 0.414. The number of urea groups is 1. The zero-order valence-corrected chi connectivity index (χ0v) is 24.8. The third kappa shape index (κ3) is 8.61. The molecule has 220 valence electrons. The van der Waals surface area contributed by atoms with Crippen molar-refractivity contribution in [2.24, 2.45) is 0 Å². The molecule has 1 unspecified atom stereocenters. The maximum absolute atomic E-state index is 13.8. The number of carbonyl (C=O) groups excluding carboxylic acids is 3. The molecule has 2 atom stereocenters. The van der Waals surface area contributed by atoms with Crippen LogP contribution in [0.4, 0.5) is 9.59 Å². The van der Waals surface area contributed by atoms with E-state index in [9.17, 15) is 14.4 Å². The Morgan fingerprint density at radius 1 is 1.07 bits per heavy atom. The van der Waals surface area contributed by atoms with Crippen molar-refractivity contribution < 1.29 is 33.3 Å². The van der Waals surface area contributed by atoms with Gasteiger partial charge in [-0.1, -0.05) is 38.0 Å². The molecule has 0 saturated carbocycles. The van der Waals surface area contributed by atoms with E-state index < -0.39 is 30.2 Å². The lowest BCUT2D eigenvalue weighted by atomic mass is 10.0. The van der Waals surface area contributed by atoms with E-state index in [-0.39, 0.29) is 26.4 Å². The van der Waals surface area contributed by atoms with E-state index in [0.29, 0.717) is 24.5 Å². The van der Waals surface area contributed by atoms with E-state index in [4.69, 9.17) is 14.2 Å². The molecular weight excluding hydrogens is 566 g/mol. The first kappa shape index (κ1) is 30.2. The highest BCUT2D eigenvalue weighted by Gasteiger charge is 2.31. The van der Waals surface area contributed by atoms with Crippen molar-refractivity contribution in [1.29, 1.82) is 0 Å². The number of carbonyl (C=O) groups is 3. The summed E-state index contributed by atoms with van der Waals surface area (Å²) in [5.74, 6) is 0.895. The van der Waals surface area contributed by atoms with Crippen LogP contribution in [-0.2, 0) is 20.8 Å². The first-order chi connectivity index (χ1) is 20.0. The standard InChI is InChI=1S/C29H35N3O7S2/c1-3-4-7-21(31-28(34)30-13-12-26(33)36-2)18-37-29(35)32(17-22-8-5-14-40-22)27(25-9-6-15-41-25)20-10-11-23-24(16-20)39-19-38-23/h5-6,8-11,14-16,21,27H,3-4,7,12-13,17-19H2,1-2H3,(H2,30,31,34)/t21-,27?/m0/s1. The van der Waals surface area contributed by atoms with Crippen molar-refractivity contribution in [3.05, 3.63) is 68.5 Å². The fourth-order valence-corrected chi connectivity index (χ4v) is 5.94. The minimum atomic E-state index is -0.496. The molecule has 0 aliphatic carbocycles. The van der Waals surface area contributed by atoms with Gasteiger partial charge < -0.3 is 29.6 Å². The summed E-state index contributed by atoms with van der Waals surface area (Å²) in [5, 5.41) is 9.48. The summed E-state index contributed by atoms with van der Waals surface area (Å²) in [6.45, 7) is 2.70. The summed E-state index contributed by atoms with van der Waals surface area (Å²) in [4.78, 5) is 41.3. The molecule has 0 radical (unpaired) electrons. The molecule has 3 amide bonds. The number of ether oxygens (including phenoxy) is 4. The molecule has 1 aliphatic heterocycles. The number of rotatable bonds is 14. The van der Waals surface area contributed by atoms with E-state index >= 15 is 0 Å². The quantitative estimate of drug-likeness (QED) is 0.228. The molecule has 0 saturated heterocycles. The Morgan fingerprint density at radius 2 is 1.88 bits per heavy atom. The van der Waals surface area contributed by atoms with Gasteiger partial charge in [0.2, 0.25) is 6.79 Å². The first-order valence-electron chi connectivity index (χ1n) is 13.5. The molecule has 0 spiro atoms. The minimum absolute atomic E-state index is 0.00248. The molecule has 3 heterocycles. The van der Waals surface area contributed by atoms with E-state index in [0.717, 1.165) is 28.2 Å². The summed E-state index contributed by atoms with van der Waals surface area (Å²) >= 11 is 3.12. The lowest BCUT2D eigenvalue weighted by Gasteiger charge is -2.31. The summed E-state index contributed by atoms with van der Waals surface area (Å²) in [6, 6.07) is 12.3. The predicted octanol–water partition coefficient (Wildman–Crippen LogP) is 5.69. The molecule has 1 aliphatic rings. The summed E-state index contributed by atoms with van der Waals surface area (Å²) in [6.07, 6.45) is 1.98. The van der Waals surface area contributed by atoms with E-state index in [1.54, 1.807) is 27.6 Å². The van der Waals surface area contributed by atoms with Gasteiger partial charge in [-0.2, -0.15) is 0 Å². The molecule has 1 aromatic carbocycles. The van der Waals surface area contributed by atoms with Crippen LogP contribution in [0.25, 0.3) is 0 Å². The van der Waals surface area contributed by atoms with Crippen LogP contribution in [0.3, 0.4) is 0 Å². The molecule has 12 heteroatoms. The van der Waals surface area contributed by atoms with Crippen molar-refractivity contribution in [3.63, 3.8) is 0 Å². The van der Waals surface area contributed by atoms with Crippen LogP contribution in [0, 0.1) is 0 Å². The molecule has 0 bridgehead atoms. The smallest absolute Gasteiger partial charge is 0.410 e. The Morgan fingerprint density at radius 3 is 2.61 bits per heavy atom. The van der Waals surface area contributed by atoms with Crippen LogP contribution in [0.1, 0.15) is 54.0 Å². The number of fused-ring (bicyclic) bond motifs is 1. The molecular formula is C29H35N3O7S2. The van der Waals surface area contributed by atoms with E-state index in [2.05, 4.69) is 22.3 Å². The second-order valence-electron chi connectivity index (χ2n) is 9.38. The van der Waals surface area contributed by atoms with Gasteiger partial charge >= 0.3 is 18.1 Å². The summed E-state index contributed by atoms with van der Waals surface area (Å²) in [5.41, 5.74) is 0.871. The normalized spacial score (nSPS) is 13.2. The predicted molar refractivity (Wildman–Crippen MR) is 156 cm³/mol. The number of hydrogen-bond donors (Lipinski definition) is 2. The number of amides is 3. The van der Waals surface area contributed by atoms with Crippen molar-refractivity contribution in [2.45, 2.75) is 51.2 Å². The Labute approximate surface area is 247 Å². The first-order valence-corrected chi connectivity index (χ1v) is 15.2. The third-order valence-corrected chi connectivity index (χ3v) is 8.26. The van der Waals surface area contributed by atoms with Crippen molar-refractivity contribution in [1.82, 2.24) is 15.5 Å². The number of nitrogens with one attached hydrogen (secondary N) is 2. The Bertz CT molecular complexity index is 1270. The van der Waals surface area contributed by atoms with E-state index in [1.165, 1.54) is 7.11 Å². The summed E-state index contributed by atoms with van der Waals surface area (Å²) in [7, 11) is 1.30.